The minimum absolute atomic E-state index is 0. The maximum absolute atomic E-state index is 5.52. The molecule has 0 aromatic heterocycles. The van der Waals surface area contributed by atoms with E-state index < -0.39 is 0 Å². The zero-order valence-corrected chi connectivity index (χ0v) is 18.2. The molecule has 7 heteroatoms. The highest BCUT2D eigenvalue weighted by Gasteiger charge is 2.33. The van der Waals surface area contributed by atoms with Crippen molar-refractivity contribution in [2.24, 2.45) is 5.41 Å². The molecule has 1 aliphatic heterocycles. The first-order chi connectivity index (χ1) is 10.4. The summed E-state index contributed by atoms with van der Waals surface area (Å²) in [6.07, 6.45) is 0. The number of nitrogens with one attached hydrogen (secondary N) is 1. The summed E-state index contributed by atoms with van der Waals surface area (Å²) in [6, 6.07) is 4.58. The van der Waals surface area contributed by atoms with E-state index in [1.54, 1.807) is 14.2 Å². The molecule has 1 fully saturated rings. The molecule has 0 radical (unpaired) electrons. The monoisotopic (exact) mass is 442 g/mol. The van der Waals surface area contributed by atoms with Crippen LogP contribution < -0.4 is 14.8 Å². The molecule has 0 amide bonds. The number of piperazine rings is 1. The molecule has 1 atom stereocenters. The Morgan fingerprint density at radius 3 is 1.88 bits per heavy atom. The van der Waals surface area contributed by atoms with E-state index in [0.717, 1.165) is 42.2 Å². The predicted molar refractivity (Wildman–Crippen MR) is 108 cm³/mol. The van der Waals surface area contributed by atoms with Crippen LogP contribution in [0.3, 0.4) is 0 Å². The summed E-state index contributed by atoms with van der Waals surface area (Å²) in [7, 11) is 3.39. The molecule has 4 nitrogen and oxygen atoms in total. The Morgan fingerprint density at radius 2 is 1.50 bits per heavy atom. The molecule has 0 bridgehead atoms. The smallest absolute Gasteiger partial charge is 0.137 e. The number of hydrogen-bond donors (Lipinski definition) is 1. The van der Waals surface area contributed by atoms with Gasteiger partial charge in [-0.05, 0) is 39.0 Å². The van der Waals surface area contributed by atoms with Gasteiger partial charge in [0.2, 0.25) is 0 Å². The molecule has 1 aliphatic rings. The highest BCUT2D eigenvalue weighted by atomic mass is 79.9. The third-order valence-corrected chi connectivity index (χ3v) is 4.90. The Bertz CT molecular complexity index is 493. The van der Waals surface area contributed by atoms with Crippen LogP contribution in [-0.4, -0.2) is 45.3 Å². The zero-order chi connectivity index (χ0) is 16.3. The van der Waals surface area contributed by atoms with Crippen LogP contribution in [0.5, 0.6) is 11.5 Å². The second-order valence-electron chi connectivity index (χ2n) is 6.79. The summed E-state index contributed by atoms with van der Waals surface area (Å²) < 4.78 is 11.9. The van der Waals surface area contributed by atoms with E-state index in [-0.39, 0.29) is 30.2 Å². The normalized spacial score (nSPS) is 16.6. The van der Waals surface area contributed by atoms with Crippen LogP contribution in [0.15, 0.2) is 16.6 Å². The van der Waals surface area contributed by atoms with Gasteiger partial charge in [-0.2, -0.15) is 0 Å². The highest BCUT2D eigenvalue weighted by Crippen LogP contribution is 2.44. The lowest BCUT2D eigenvalue weighted by Crippen LogP contribution is -2.48. The van der Waals surface area contributed by atoms with E-state index in [9.17, 15) is 0 Å². The summed E-state index contributed by atoms with van der Waals surface area (Å²) >= 11 is 3.56. The van der Waals surface area contributed by atoms with Gasteiger partial charge in [0.15, 0.2) is 0 Å². The first-order valence-corrected chi connectivity index (χ1v) is 8.54. The van der Waals surface area contributed by atoms with Crippen molar-refractivity contribution in [2.45, 2.75) is 26.8 Å². The van der Waals surface area contributed by atoms with Crippen molar-refractivity contribution in [3.63, 3.8) is 0 Å². The Kier molecular flexibility index (Phi) is 9.99. The van der Waals surface area contributed by atoms with Crippen molar-refractivity contribution in [2.75, 3.05) is 40.4 Å². The first kappa shape index (κ1) is 23.8. The summed E-state index contributed by atoms with van der Waals surface area (Å²) in [4.78, 5) is 2.55. The number of benzene rings is 1. The summed E-state index contributed by atoms with van der Waals surface area (Å²) in [5.74, 6) is 1.64. The second kappa shape index (κ2) is 10.1. The average Bonchev–Trinajstić information content (AvgIpc) is 2.48. The fourth-order valence-electron chi connectivity index (χ4n) is 3.25. The molecule has 1 heterocycles. The van der Waals surface area contributed by atoms with Gasteiger partial charge in [0, 0.05) is 32.2 Å². The van der Waals surface area contributed by atoms with Crippen LogP contribution in [0.1, 0.15) is 32.4 Å². The molecule has 140 valence electrons. The van der Waals surface area contributed by atoms with Crippen molar-refractivity contribution in [3.05, 3.63) is 22.2 Å². The maximum atomic E-state index is 5.52. The standard InChI is InChI=1S/C17H27BrN2O2.2ClH/c1-17(2,3)16(20-8-6-19-7-9-20)12-10-13(21-4)15(18)14(11-12)22-5;;/h10-11,16,19H,6-9H2,1-5H3;2*1H/t16-;;/m1../s1. The average molecular weight is 444 g/mol. The maximum Gasteiger partial charge on any atom is 0.137 e. The van der Waals surface area contributed by atoms with Gasteiger partial charge in [0.1, 0.15) is 16.0 Å². The van der Waals surface area contributed by atoms with E-state index in [4.69, 9.17) is 9.47 Å². The van der Waals surface area contributed by atoms with E-state index in [2.05, 4.69) is 59.1 Å². The number of hydrogen-bond acceptors (Lipinski definition) is 4. The van der Waals surface area contributed by atoms with Crippen molar-refractivity contribution in [3.8, 4) is 11.5 Å². The lowest BCUT2D eigenvalue weighted by atomic mass is 9.80. The lowest BCUT2D eigenvalue weighted by Gasteiger charge is -2.42. The predicted octanol–water partition coefficient (Wildman–Crippen LogP) is 4.30. The Labute approximate surface area is 166 Å². The van der Waals surface area contributed by atoms with Crippen LogP contribution in [0.4, 0.5) is 0 Å². The number of halogens is 3. The van der Waals surface area contributed by atoms with Gasteiger partial charge in [-0.3, -0.25) is 4.90 Å². The molecule has 0 unspecified atom stereocenters. The topological polar surface area (TPSA) is 33.7 Å². The summed E-state index contributed by atoms with van der Waals surface area (Å²) in [6.45, 7) is 11.1. The third-order valence-electron chi connectivity index (χ3n) is 4.12. The van der Waals surface area contributed by atoms with E-state index >= 15 is 0 Å². The fourth-order valence-corrected chi connectivity index (χ4v) is 3.80. The zero-order valence-electron chi connectivity index (χ0n) is 15.0. The summed E-state index contributed by atoms with van der Waals surface area (Å²) in [5, 5.41) is 3.43. The molecule has 0 saturated carbocycles. The lowest BCUT2D eigenvalue weighted by molar-refractivity contribution is 0.0859. The molecule has 24 heavy (non-hydrogen) atoms. The van der Waals surface area contributed by atoms with Crippen molar-refractivity contribution in [1.29, 1.82) is 0 Å². The quantitative estimate of drug-likeness (QED) is 0.751. The minimum atomic E-state index is 0. The third kappa shape index (κ3) is 5.40. The Balaban J connectivity index is 0.00000264. The van der Waals surface area contributed by atoms with Crippen LogP contribution in [-0.2, 0) is 0 Å². The Hall–Kier alpha value is -0.200. The second-order valence-corrected chi connectivity index (χ2v) is 7.59. The molecule has 1 N–H and O–H groups in total. The largest absolute Gasteiger partial charge is 0.495 e. The van der Waals surface area contributed by atoms with Crippen LogP contribution >= 0.6 is 40.7 Å². The molecule has 0 aliphatic carbocycles. The number of methoxy groups -OCH3 is 2. The van der Waals surface area contributed by atoms with E-state index in [1.807, 2.05) is 0 Å². The van der Waals surface area contributed by atoms with Crippen LogP contribution in [0, 0.1) is 5.41 Å². The number of ether oxygens (including phenoxy) is 2. The van der Waals surface area contributed by atoms with Gasteiger partial charge in [0.05, 0.1) is 14.2 Å². The molecule has 1 saturated heterocycles. The van der Waals surface area contributed by atoms with Crippen molar-refractivity contribution >= 4 is 40.7 Å². The molecular weight excluding hydrogens is 415 g/mol. The van der Waals surface area contributed by atoms with Crippen molar-refractivity contribution in [1.82, 2.24) is 10.2 Å². The van der Waals surface area contributed by atoms with Crippen LogP contribution in [0.25, 0.3) is 0 Å². The number of rotatable bonds is 4. The SMILES string of the molecule is COc1cc([C@@H](N2CCNCC2)C(C)(C)C)cc(OC)c1Br.Cl.Cl. The molecule has 1 aromatic carbocycles. The van der Waals surface area contributed by atoms with E-state index in [1.165, 1.54) is 5.56 Å². The Morgan fingerprint density at radius 1 is 1.04 bits per heavy atom. The van der Waals surface area contributed by atoms with Gasteiger partial charge in [-0.25, -0.2) is 0 Å². The molecular formula is C17H29BrCl2N2O2. The molecule has 0 spiro atoms. The fraction of sp³-hybridized carbons (Fsp3) is 0.647. The molecule has 1 aromatic rings. The van der Waals surface area contributed by atoms with Gasteiger partial charge in [-0.15, -0.1) is 24.8 Å². The first-order valence-electron chi connectivity index (χ1n) is 7.74. The summed E-state index contributed by atoms with van der Waals surface area (Å²) in [5.41, 5.74) is 1.37. The van der Waals surface area contributed by atoms with Crippen LogP contribution in [0.2, 0.25) is 0 Å². The van der Waals surface area contributed by atoms with Crippen molar-refractivity contribution < 1.29 is 9.47 Å². The van der Waals surface area contributed by atoms with Gasteiger partial charge >= 0.3 is 0 Å². The molecule has 2 rings (SSSR count). The van der Waals surface area contributed by atoms with Gasteiger partial charge < -0.3 is 14.8 Å². The van der Waals surface area contributed by atoms with E-state index in [0.29, 0.717) is 6.04 Å². The minimum Gasteiger partial charge on any atom is -0.495 e. The highest BCUT2D eigenvalue weighted by molar-refractivity contribution is 9.10. The van der Waals surface area contributed by atoms with Gasteiger partial charge in [-0.1, -0.05) is 20.8 Å². The number of nitrogens with zero attached hydrogens (tertiary/aromatic N) is 1. The van der Waals surface area contributed by atoms with Gasteiger partial charge in [0.25, 0.3) is 0 Å².